The second-order valence-corrected chi connectivity index (χ2v) is 4.42. The Hall–Kier alpha value is -2.95. The standard InChI is InChI=1S/C16H15N3O2/c1-12-6-5-9-14(10-12)16(20)19-18-15(11-17-21)13-7-3-2-4-8-13/h2-11,21H,1H3,(H,19,20)/b17-11+,18-15+. The van der Waals surface area contributed by atoms with E-state index in [-0.39, 0.29) is 5.91 Å². The number of carbonyl (C=O) groups excluding carboxylic acids is 1. The third-order valence-electron chi connectivity index (χ3n) is 2.81. The number of nitrogens with one attached hydrogen (secondary N) is 1. The molecule has 106 valence electrons. The van der Waals surface area contributed by atoms with Gasteiger partial charge in [0.2, 0.25) is 0 Å². The minimum atomic E-state index is -0.321. The molecule has 0 fully saturated rings. The highest BCUT2D eigenvalue weighted by Crippen LogP contribution is 2.04. The van der Waals surface area contributed by atoms with Crippen molar-refractivity contribution < 1.29 is 10.0 Å². The molecule has 0 bridgehead atoms. The molecule has 5 nitrogen and oxygen atoms in total. The fourth-order valence-electron chi connectivity index (χ4n) is 1.79. The van der Waals surface area contributed by atoms with E-state index >= 15 is 0 Å². The van der Waals surface area contributed by atoms with Crippen LogP contribution in [0.4, 0.5) is 0 Å². The number of oxime groups is 1. The minimum absolute atomic E-state index is 0.321. The summed E-state index contributed by atoms with van der Waals surface area (Å²) in [7, 11) is 0. The largest absolute Gasteiger partial charge is 0.411 e. The smallest absolute Gasteiger partial charge is 0.271 e. The summed E-state index contributed by atoms with van der Waals surface area (Å²) < 4.78 is 0. The van der Waals surface area contributed by atoms with Crippen molar-refractivity contribution in [3.63, 3.8) is 0 Å². The highest BCUT2D eigenvalue weighted by Gasteiger charge is 2.06. The number of carbonyl (C=O) groups is 1. The summed E-state index contributed by atoms with van der Waals surface area (Å²) in [5, 5.41) is 15.7. The van der Waals surface area contributed by atoms with Gasteiger partial charge >= 0.3 is 0 Å². The van der Waals surface area contributed by atoms with E-state index in [2.05, 4.69) is 15.7 Å². The molecule has 2 aromatic carbocycles. The van der Waals surface area contributed by atoms with Crippen LogP contribution in [0.5, 0.6) is 0 Å². The first kappa shape index (κ1) is 14.5. The van der Waals surface area contributed by atoms with Crippen molar-refractivity contribution in [2.75, 3.05) is 0 Å². The van der Waals surface area contributed by atoms with Crippen molar-refractivity contribution in [2.24, 2.45) is 10.3 Å². The number of amides is 1. The van der Waals surface area contributed by atoms with Gasteiger partial charge in [-0.15, -0.1) is 0 Å². The Labute approximate surface area is 122 Å². The van der Waals surface area contributed by atoms with Crippen molar-refractivity contribution >= 4 is 17.8 Å². The molecule has 0 spiro atoms. The second kappa shape index (κ2) is 7.00. The number of aryl methyl sites for hydroxylation is 1. The highest BCUT2D eigenvalue weighted by molar-refractivity contribution is 6.38. The van der Waals surface area contributed by atoms with Crippen LogP contribution in [0.2, 0.25) is 0 Å². The molecule has 0 atom stereocenters. The van der Waals surface area contributed by atoms with E-state index in [1.54, 1.807) is 30.3 Å². The van der Waals surface area contributed by atoms with Gasteiger partial charge in [0.05, 0.1) is 6.21 Å². The molecule has 0 aliphatic carbocycles. The maximum Gasteiger partial charge on any atom is 0.271 e. The molecule has 0 aromatic heterocycles. The molecule has 5 heteroatoms. The average Bonchev–Trinajstić information content (AvgIpc) is 2.52. The van der Waals surface area contributed by atoms with Gasteiger partial charge in [-0.3, -0.25) is 4.79 Å². The zero-order chi connectivity index (χ0) is 15.1. The third-order valence-corrected chi connectivity index (χ3v) is 2.81. The maximum absolute atomic E-state index is 12.0. The molecule has 2 N–H and O–H groups in total. The van der Waals surface area contributed by atoms with Crippen LogP contribution in [0.3, 0.4) is 0 Å². The molecule has 21 heavy (non-hydrogen) atoms. The van der Waals surface area contributed by atoms with Crippen LogP contribution in [0.25, 0.3) is 0 Å². The molecule has 0 aliphatic heterocycles. The normalized spacial score (nSPS) is 11.6. The summed E-state index contributed by atoms with van der Waals surface area (Å²) in [6.45, 7) is 1.91. The number of hydrogen-bond acceptors (Lipinski definition) is 4. The Morgan fingerprint density at radius 3 is 2.48 bits per heavy atom. The number of benzene rings is 2. The summed E-state index contributed by atoms with van der Waals surface area (Å²) in [6, 6.07) is 16.3. The van der Waals surface area contributed by atoms with Gasteiger partial charge in [0.1, 0.15) is 5.71 Å². The quantitative estimate of drug-likeness (QED) is 0.513. The van der Waals surface area contributed by atoms with Crippen molar-refractivity contribution in [2.45, 2.75) is 6.92 Å². The van der Waals surface area contributed by atoms with Crippen molar-refractivity contribution in [1.29, 1.82) is 0 Å². The SMILES string of the molecule is Cc1cccc(C(=O)N/N=C(\C=N\O)c2ccccc2)c1. The molecule has 0 radical (unpaired) electrons. The third kappa shape index (κ3) is 4.01. The maximum atomic E-state index is 12.0. The molecule has 2 rings (SSSR count). The van der Waals surface area contributed by atoms with E-state index in [1.165, 1.54) is 6.21 Å². The van der Waals surface area contributed by atoms with Crippen LogP contribution in [-0.4, -0.2) is 23.0 Å². The van der Waals surface area contributed by atoms with Crippen LogP contribution < -0.4 is 5.43 Å². The Morgan fingerprint density at radius 1 is 1.10 bits per heavy atom. The average molecular weight is 281 g/mol. The Bertz CT molecular complexity index is 679. The molecule has 1 amide bonds. The monoisotopic (exact) mass is 281 g/mol. The summed E-state index contributed by atoms with van der Waals surface area (Å²) >= 11 is 0. The fourth-order valence-corrected chi connectivity index (χ4v) is 1.79. The Kier molecular flexibility index (Phi) is 4.82. The molecular formula is C16H15N3O2. The lowest BCUT2D eigenvalue weighted by atomic mass is 10.1. The number of nitrogens with zero attached hydrogens (tertiary/aromatic N) is 2. The van der Waals surface area contributed by atoms with E-state index in [0.29, 0.717) is 11.3 Å². The summed E-state index contributed by atoms with van der Waals surface area (Å²) in [4.78, 5) is 12.0. The van der Waals surface area contributed by atoms with E-state index < -0.39 is 0 Å². The van der Waals surface area contributed by atoms with E-state index in [1.807, 2.05) is 31.2 Å². The van der Waals surface area contributed by atoms with Crippen molar-refractivity contribution in [3.8, 4) is 0 Å². The van der Waals surface area contributed by atoms with Crippen LogP contribution >= 0.6 is 0 Å². The summed E-state index contributed by atoms with van der Waals surface area (Å²) in [6.07, 6.45) is 1.17. The van der Waals surface area contributed by atoms with Gasteiger partial charge in [0.15, 0.2) is 0 Å². The zero-order valence-electron chi connectivity index (χ0n) is 11.5. The van der Waals surface area contributed by atoms with E-state index in [9.17, 15) is 4.79 Å². The van der Waals surface area contributed by atoms with Gasteiger partial charge in [-0.25, -0.2) is 5.43 Å². The van der Waals surface area contributed by atoms with Gasteiger partial charge in [-0.1, -0.05) is 53.2 Å². The molecule has 2 aromatic rings. The van der Waals surface area contributed by atoms with Crippen LogP contribution in [0.1, 0.15) is 21.5 Å². The molecule has 0 aliphatic rings. The molecule has 0 heterocycles. The minimum Gasteiger partial charge on any atom is -0.411 e. The number of rotatable bonds is 4. The lowest BCUT2D eigenvalue weighted by molar-refractivity contribution is 0.0955. The summed E-state index contributed by atoms with van der Waals surface area (Å²) in [5.74, 6) is -0.321. The van der Waals surface area contributed by atoms with Gasteiger partial charge < -0.3 is 5.21 Å². The van der Waals surface area contributed by atoms with Crippen LogP contribution in [0, 0.1) is 6.92 Å². The molecule has 0 unspecified atom stereocenters. The Morgan fingerprint density at radius 2 is 1.81 bits per heavy atom. The topological polar surface area (TPSA) is 74.0 Å². The number of hydrazone groups is 1. The predicted octanol–water partition coefficient (Wildman–Crippen LogP) is 2.59. The lowest BCUT2D eigenvalue weighted by Crippen LogP contribution is -2.20. The first-order valence-corrected chi connectivity index (χ1v) is 6.38. The van der Waals surface area contributed by atoms with Crippen LogP contribution in [-0.2, 0) is 0 Å². The first-order valence-electron chi connectivity index (χ1n) is 6.38. The molecule has 0 saturated carbocycles. The van der Waals surface area contributed by atoms with E-state index in [0.717, 1.165) is 11.1 Å². The van der Waals surface area contributed by atoms with Gasteiger partial charge in [-0.2, -0.15) is 5.10 Å². The molecule has 0 saturated heterocycles. The Balaban J connectivity index is 2.19. The number of hydrogen-bond donors (Lipinski definition) is 2. The van der Waals surface area contributed by atoms with Gasteiger partial charge in [0.25, 0.3) is 5.91 Å². The second-order valence-electron chi connectivity index (χ2n) is 4.42. The zero-order valence-corrected chi connectivity index (χ0v) is 11.5. The van der Waals surface area contributed by atoms with Crippen LogP contribution in [0.15, 0.2) is 64.9 Å². The van der Waals surface area contributed by atoms with Crippen molar-refractivity contribution in [3.05, 3.63) is 71.3 Å². The van der Waals surface area contributed by atoms with Gasteiger partial charge in [0, 0.05) is 11.1 Å². The predicted molar refractivity (Wildman–Crippen MR) is 81.9 cm³/mol. The molecular weight excluding hydrogens is 266 g/mol. The first-order chi connectivity index (χ1) is 10.2. The summed E-state index contributed by atoms with van der Waals surface area (Å²) in [5.41, 5.74) is 5.07. The van der Waals surface area contributed by atoms with Crippen molar-refractivity contribution in [1.82, 2.24) is 5.43 Å². The fraction of sp³-hybridized carbons (Fsp3) is 0.0625. The lowest BCUT2D eigenvalue weighted by Gasteiger charge is -2.03. The highest BCUT2D eigenvalue weighted by atomic mass is 16.4. The van der Waals surface area contributed by atoms with E-state index in [4.69, 9.17) is 5.21 Å². The van der Waals surface area contributed by atoms with Gasteiger partial charge in [-0.05, 0) is 19.1 Å².